The lowest BCUT2D eigenvalue weighted by molar-refractivity contribution is -0.0264. The summed E-state index contributed by atoms with van der Waals surface area (Å²) in [6, 6.07) is 6.04. The van der Waals surface area contributed by atoms with Crippen LogP contribution >= 0.6 is 0 Å². The lowest BCUT2D eigenvalue weighted by atomic mass is 9.77. The van der Waals surface area contributed by atoms with Gasteiger partial charge in [-0.1, -0.05) is 18.9 Å². The van der Waals surface area contributed by atoms with Gasteiger partial charge in [-0.25, -0.2) is 17.8 Å². The van der Waals surface area contributed by atoms with Crippen molar-refractivity contribution in [1.82, 2.24) is 29.4 Å². The largest absolute Gasteiger partial charge is 0.481 e. The Balaban J connectivity index is 1.44. The molecule has 0 radical (unpaired) electrons. The van der Waals surface area contributed by atoms with Crippen LogP contribution in [0.3, 0.4) is 0 Å². The Morgan fingerprint density at radius 1 is 1.11 bits per heavy atom. The van der Waals surface area contributed by atoms with Crippen LogP contribution in [0.2, 0.25) is 0 Å². The van der Waals surface area contributed by atoms with Crippen molar-refractivity contribution in [3.63, 3.8) is 0 Å². The molecule has 0 unspecified atom stereocenters. The number of rotatable bonds is 7. The van der Waals surface area contributed by atoms with Gasteiger partial charge in [0.05, 0.1) is 7.11 Å². The summed E-state index contributed by atoms with van der Waals surface area (Å²) in [5.41, 5.74) is 1.79. The van der Waals surface area contributed by atoms with Gasteiger partial charge in [0.25, 0.3) is 15.2 Å². The first-order valence-corrected chi connectivity index (χ1v) is 13.7. The third kappa shape index (κ3) is 4.69. The van der Waals surface area contributed by atoms with Crippen LogP contribution in [-0.4, -0.2) is 77.1 Å². The van der Waals surface area contributed by atoms with Crippen molar-refractivity contribution in [2.45, 2.75) is 49.7 Å². The Kier molecular flexibility index (Phi) is 6.67. The molecule has 12 heteroatoms. The minimum absolute atomic E-state index is 0.0929. The molecule has 1 N–H and O–H groups in total. The molecule has 2 fully saturated rings. The van der Waals surface area contributed by atoms with Gasteiger partial charge in [0.15, 0.2) is 0 Å². The van der Waals surface area contributed by atoms with Crippen molar-refractivity contribution in [2.24, 2.45) is 0 Å². The molecule has 2 aliphatic rings. The minimum Gasteiger partial charge on any atom is -0.481 e. The topological polar surface area (TPSA) is 114 Å². The molecule has 1 aromatic carbocycles. The van der Waals surface area contributed by atoms with Crippen molar-refractivity contribution in [3.05, 3.63) is 41.8 Å². The van der Waals surface area contributed by atoms with Crippen LogP contribution < -0.4 is 9.47 Å². The molecule has 1 spiro atoms. The molecule has 2 aliphatic heterocycles. The summed E-state index contributed by atoms with van der Waals surface area (Å²) in [4.78, 5) is 9.15. The molecule has 5 rings (SSSR count). The van der Waals surface area contributed by atoms with Gasteiger partial charge in [-0.05, 0) is 56.0 Å². The maximum Gasteiger partial charge on any atom is 0.320 e. The summed E-state index contributed by atoms with van der Waals surface area (Å²) >= 11 is 0. The molecule has 0 bridgehead atoms. The van der Waals surface area contributed by atoms with Crippen molar-refractivity contribution in [3.8, 4) is 28.8 Å². The zero-order chi connectivity index (χ0) is 26.4. The average Bonchev–Trinajstić information content (AvgIpc) is 3.38. The van der Waals surface area contributed by atoms with Gasteiger partial charge < -0.3 is 14.4 Å². The van der Waals surface area contributed by atoms with Crippen LogP contribution in [-0.2, 0) is 10.0 Å². The predicted molar refractivity (Wildman–Crippen MR) is 135 cm³/mol. The van der Waals surface area contributed by atoms with E-state index in [9.17, 15) is 12.8 Å². The first-order valence-electron chi connectivity index (χ1n) is 12.3. The molecular weight excluding hydrogens is 499 g/mol. The number of nitrogens with zero attached hydrogens (tertiary/aromatic N) is 5. The number of pyridine rings is 1. The quantitative estimate of drug-likeness (QED) is 0.491. The molecule has 37 heavy (non-hydrogen) atoms. The molecule has 0 amide bonds. The van der Waals surface area contributed by atoms with Crippen molar-refractivity contribution < 1.29 is 22.3 Å². The van der Waals surface area contributed by atoms with Crippen molar-refractivity contribution in [2.75, 3.05) is 33.8 Å². The zero-order valence-corrected chi connectivity index (χ0v) is 22.2. The van der Waals surface area contributed by atoms with Crippen molar-refractivity contribution >= 4 is 10.0 Å². The Hall–Kier alpha value is -3.09. The Bertz CT molecular complexity index is 1400. The monoisotopic (exact) mass is 530 g/mol. The van der Waals surface area contributed by atoms with Gasteiger partial charge in [-0.2, -0.15) is 4.31 Å². The van der Waals surface area contributed by atoms with E-state index in [2.05, 4.69) is 32.1 Å². The number of H-pyrrole nitrogens is 1. The first kappa shape index (κ1) is 25.6. The Labute approximate surface area is 215 Å². The van der Waals surface area contributed by atoms with Crippen molar-refractivity contribution in [1.29, 1.82) is 0 Å². The van der Waals surface area contributed by atoms with E-state index in [1.165, 1.54) is 23.5 Å². The Morgan fingerprint density at radius 3 is 2.46 bits per heavy atom. The highest BCUT2D eigenvalue weighted by atomic mass is 32.2. The highest BCUT2D eigenvalue weighted by molar-refractivity contribution is 7.88. The standard InChI is InChI=1S/C25H31FN6O4S/c1-16(2)19-14-18(26)15-20(17-5-9-27-21(13-17)35-4)22(19)36-23-28-24(30-29-23)37(33,34)32-11-7-25(8-12-32)6-10-31(25)3/h5,9,13-16H,6-8,10-12H2,1-4H3,(H,28,29,30). The summed E-state index contributed by atoms with van der Waals surface area (Å²) < 4.78 is 53.9. The summed E-state index contributed by atoms with van der Waals surface area (Å²) in [5, 5.41) is 7.57. The fourth-order valence-corrected chi connectivity index (χ4v) is 6.37. The van der Waals surface area contributed by atoms with Crippen LogP contribution in [0.5, 0.6) is 17.6 Å². The highest BCUT2D eigenvalue weighted by Crippen LogP contribution is 2.41. The van der Waals surface area contributed by atoms with Gasteiger partial charge in [-0.3, -0.25) is 4.98 Å². The van der Waals surface area contributed by atoms with E-state index in [1.807, 2.05) is 13.8 Å². The second kappa shape index (κ2) is 9.66. The zero-order valence-electron chi connectivity index (χ0n) is 21.4. The average molecular weight is 531 g/mol. The molecule has 2 saturated heterocycles. The van der Waals surface area contributed by atoms with Crippen LogP contribution in [0.4, 0.5) is 4.39 Å². The van der Waals surface area contributed by atoms with E-state index in [4.69, 9.17) is 9.47 Å². The molecule has 0 saturated carbocycles. The number of sulfonamides is 1. The molecule has 198 valence electrons. The fraction of sp³-hybridized carbons (Fsp3) is 0.480. The number of piperidine rings is 1. The number of hydrogen-bond acceptors (Lipinski definition) is 8. The third-order valence-corrected chi connectivity index (χ3v) is 9.28. The van der Waals surface area contributed by atoms with E-state index in [0.29, 0.717) is 41.4 Å². The number of methoxy groups -OCH3 is 1. The van der Waals surface area contributed by atoms with E-state index < -0.39 is 15.8 Å². The number of aromatic nitrogens is 4. The lowest BCUT2D eigenvalue weighted by Gasteiger charge is -2.54. The summed E-state index contributed by atoms with van der Waals surface area (Å²) in [6.07, 6.45) is 4.22. The smallest absolute Gasteiger partial charge is 0.320 e. The number of benzene rings is 1. The summed E-state index contributed by atoms with van der Waals surface area (Å²) in [6.45, 7) is 5.72. The molecule has 10 nitrogen and oxygen atoms in total. The van der Waals surface area contributed by atoms with E-state index >= 15 is 0 Å². The molecule has 2 aromatic heterocycles. The fourth-order valence-electron chi connectivity index (χ4n) is 5.10. The van der Waals surface area contributed by atoms with E-state index in [-0.39, 0.29) is 22.6 Å². The van der Waals surface area contributed by atoms with Gasteiger partial charge in [0, 0.05) is 48.6 Å². The molecular formula is C25H31FN6O4S. The number of nitrogens with one attached hydrogen (secondary N) is 1. The SMILES string of the molecule is COc1cc(-c2cc(F)cc(C(C)C)c2Oc2nnc(S(=O)(=O)N3CCC4(CCN4C)CC3)[nH]2)ccn1. The maximum absolute atomic E-state index is 14.6. The second-order valence-corrected chi connectivity index (χ2v) is 11.8. The number of aromatic amines is 1. The normalized spacial score (nSPS) is 18.2. The maximum atomic E-state index is 14.6. The van der Waals surface area contributed by atoms with Crippen LogP contribution in [0.1, 0.15) is 44.6 Å². The Morgan fingerprint density at radius 2 is 1.84 bits per heavy atom. The third-order valence-electron chi connectivity index (χ3n) is 7.56. The first-order chi connectivity index (χ1) is 17.6. The van der Waals surface area contributed by atoms with Crippen LogP contribution in [0.15, 0.2) is 35.6 Å². The molecule has 3 aromatic rings. The second-order valence-electron chi connectivity index (χ2n) is 9.95. The predicted octanol–water partition coefficient (Wildman–Crippen LogP) is 3.79. The van der Waals surface area contributed by atoms with Gasteiger partial charge in [0.1, 0.15) is 11.6 Å². The van der Waals surface area contributed by atoms with Gasteiger partial charge >= 0.3 is 6.01 Å². The molecule has 4 heterocycles. The number of likely N-dealkylation sites (tertiary alicyclic amines) is 1. The summed E-state index contributed by atoms with van der Waals surface area (Å²) in [7, 11) is -0.283. The summed E-state index contributed by atoms with van der Waals surface area (Å²) in [5.74, 6) is 0.188. The lowest BCUT2D eigenvalue weighted by Crippen LogP contribution is -2.62. The molecule has 0 aliphatic carbocycles. The number of halogens is 1. The molecule has 0 atom stereocenters. The van der Waals surface area contributed by atoms with Crippen LogP contribution in [0.25, 0.3) is 11.1 Å². The van der Waals surface area contributed by atoms with Crippen LogP contribution in [0, 0.1) is 5.82 Å². The minimum atomic E-state index is -3.87. The van der Waals surface area contributed by atoms with Gasteiger partial charge in [-0.15, -0.1) is 5.10 Å². The number of hydrogen-bond donors (Lipinski definition) is 1. The van der Waals surface area contributed by atoms with E-state index in [1.54, 1.807) is 18.3 Å². The van der Waals surface area contributed by atoms with Gasteiger partial charge in [0.2, 0.25) is 5.88 Å². The van der Waals surface area contributed by atoms with E-state index in [0.717, 1.165) is 25.8 Å². The number of ether oxygens (including phenoxy) is 2. The highest BCUT2D eigenvalue weighted by Gasteiger charge is 2.46.